The van der Waals surface area contributed by atoms with Gasteiger partial charge in [-0.05, 0) is 32.8 Å². The van der Waals surface area contributed by atoms with Crippen LogP contribution in [0.5, 0.6) is 0 Å². The molecule has 0 amide bonds. The summed E-state index contributed by atoms with van der Waals surface area (Å²) in [5, 5.41) is 10.9. The van der Waals surface area contributed by atoms with Crippen molar-refractivity contribution in [2.24, 2.45) is 0 Å². The summed E-state index contributed by atoms with van der Waals surface area (Å²) in [6.45, 7) is 9.32. The van der Waals surface area contributed by atoms with Crippen LogP contribution >= 0.6 is 0 Å². The summed E-state index contributed by atoms with van der Waals surface area (Å²) in [7, 11) is 0. The molecular formula is C16H23N3. The van der Waals surface area contributed by atoms with E-state index < -0.39 is 0 Å². The zero-order chi connectivity index (χ0) is 13.8. The van der Waals surface area contributed by atoms with E-state index >= 15 is 0 Å². The maximum Gasteiger partial charge on any atom is 0.0638 e. The van der Waals surface area contributed by atoms with E-state index in [4.69, 9.17) is 0 Å². The molecule has 2 aromatic rings. The van der Waals surface area contributed by atoms with Gasteiger partial charge in [-0.25, -0.2) is 0 Å². The van der Waals surface area contributed by atoms with Crippen molar-refractivity contribution in [1.82, 2.24) is 15.5 Å². The molecule has 0 aliphatic carbocycles. The smallest absolute Gasteiger partial charge is 0.0638 e. The lowest BCUT2D eigenvalue weighted by molar-refractivity contribution is 0.517. The molecule has 1 unspecified atom stereocenters. The average Bonchev–Trinajstić information content (AvgIpc) is 2.72. The number of rotatable bonds is 5. The molecule has 19 heavy (non-hydrogen) atoms. The van der Waals surface area contributed by atoms with E-state index in [1.165, 1.54) is 16.7 Å². The lowest BCUT2D eigenvalue weighted by Crippen LogP contribution is -2.20. The van der Waals surface area contributed by atoms with E-state index in [1.54, 1.807) is 0 Å². The van der Waals surface area contributed by atoms with Crippen molar-refractivity contribution in [3.05, 3.63) is 52.3 Å². The molecule has 3 heteroatoms. The highest BCUT2D eigenvalue weighted by atomic mass is 15.1. The number of nitrogens with one attached hydrogen (secondary N) is 2. The molecule has 1 heterocycles. The Morgan fingerprint density at radius 3 is 2.37 bits per heavy atom. The third-order valence-electron chi connectivity index (χ3n) is 3.69. The second kappa shape index (κ2) is 6.02. The van der Waals surface area contributed by atoms with Crippen LogP contribution in [0.15, 0.2) is 24.3 Å². The SMILES string of the molecule is CCC(NCc1c(C)n[nH]c1C)c1ccc(C)cc1. The number of aromatic nitrogens is 2. The molecule has 1 atom stereocenters. The maximum atomic E-state index is 4.24. The minimum absolute atomic E-state index is 0.397. The summed E-state index contributed by atoms with van der Waals surface area (Å²) < 4.78 is 0. The lowest BCUT2D eigenvalue weighted by Gasteiger charge is -2.18. The van der Waals surface area contributed by atoms with Gasteiger partial charge in [0.15, 0.2) is 0 Å². The van der Waals surface area contributed by atoms with Gasteiger partial charge >= 0.3 is 0 Å². The molecular weight excluding hydrogens is 234 g/mol. The first-order valence-corrected chi connectivity index (χ1v) is 6.92. The monoisotopic (exact) mass is 257 g/mol. The molecule has 0 bridgehead atoms. The first kappa shape index (κ1) is 13.8. The van der Waals surface area contributed by atoms with Gasteiger partial charge in [-0.15, -0.1) is 0 Å². The topological polar surface area (TPSA) is 40.7 Å². The van der Waals surface area contributed by atoms with E-state index in [1.807, 2.05) is 6.92 Å². The Balaban J connectivity index is 2.06. The molecule has 0 saturated carbocycles. The van der Waals surface area contributed by atoms with Crippen molar-refractivity contribution in [2.45, 2.75) is 46.7 Å². The molecule has 0 aliphatic heterocycles. The zero-order valence-corrected chi connectivity index (χ0v) is 12.2. The van der Waals surface area contributed by atoms with E-state index in [0.717, 1.165) is 24.4 Å². The molecule has 3 nitrogen and oxygen atoms in total. The predicted molar refractivity (Wildman–Crippen MR) is 79.1 cm³/mol. The molecule has 2 rings (SSSR count). The Labute approximate surface area is 115 Å². The van der Waals surface area contributed by atoms with E-state index in [2.05, 4.69) is 60.6 Å². The predicted octanol–water partition coefficient (Wildman–Crippen LogP) is 3.58. The van der Waals surface area contributed by atoms with Gasteiger partial charge in [-0.1, -0.05) is 36.8 Å². The number of aryl methyl sites for hydroxylation is 3. The third-order valence-corrected chi connectivity index (χ3v) is 3.69. The average molecular weight is 257 g/mol. The summed E-state index contributed by atoms with van der Waals surface area (Å²) >= 11 is 0. The molecule has 1 aromatic heterocycles. The van der Waals surface area contributed by atoms with Crippen LogP contribution in [0.2, 0.25) is 0 Å². The second-order valence-electron chi connectivity index (χ2n) is 5.16. The van der Waals surface area contributed by atoms with Crippen LogP contribution in [0, 0.1) is 20.8 Å². The standard InChI is InChI=1S/C16H23N3/c1-5-16(14-8-6-11(2)7-9-14)17-10-15-12(3)18-19-13(15)4/h6-9,16-17H,5,10H2,1-4H3,(H,18,19). The molecule has 2 N–H and O–H groups in total. The number of hydrogen-bond acceptors (Lipinski definition) is 2. The fraction of sp³-hybridized carbons (Fsp3) is 0.438. The van der Waals surface area contributed by atoms with Gasteiger partial charge in [0, 0.05) is 23.8 Å². The largest absolute Gasteiger partial charge is 0.306 e. The molecule has 0 radical (unpaired) electrons. The normalized spacial score (nSPS) is 12.6. The summed E-state index contributed by atoms with van der Waals surface area (Å²) in [4.78, 5) is 0. The van der Waals surface area contributed by atoms with Gasteiger partial charge in [0.1, 0.15) is 0 Å². The number of hydrogen-bond donors (Lipinski definition) is 2. The van der Waals surface area contributed by atoms with Crippen molar-refractivity contribution >= 4 is 0 Å². The Morgan fingerprint density at radius 2 is 1.84 bits per heavy atom. The number of aromatic amines is 1. The van der Waals surface area contributed by atoms with Gasteiger partial charge in [-0.3, -0.25) is 5.10 Å². The van der Waals surface area contributed by atoms with E-state index in [9.17, 15) is 0 Å². The molecule has 0 saturated heterocycles. The molecule has 0 spiro atoms. The molecule has 0 fully saturated rings. The van der Waals surface area contributed by atoms with Crippen LogP contribution in [0.4, 0.5) is 0 Å². The molecule has 1 aromatic carbocycles. The Hall–Kier alpha value is -1.61. The Morgan fingerprint density at radius 1 is 1.16 bits per heavy atom. The van der Waals surface area contributed by atoms with Crippen LogP contribution in [-0.2, 0) is 6.54 Å². The lowest BCUT2D eigenvalue weighted by atomic mass is 10.0. The van der Waals surface area contributed by atoms with E-state index in [-0.39, 0.29) is 0 Å². The van der Waals surface area contributed by atoms with Gasteiger partial charge in [0.25, 0.3) is 0 Å². The highest BCUT2D eigenvalue weighted by molar-refractivity contribution is 5.26. The molecule has 0 aliphatic rings. The Kier molecular flexibility index (Phi) is 4.38. The third kappa shape index (κ3) is 3.24. The summed E-state index contributed by atoms with van der Waals surface area (Å²) in [5.41, 5.74) is 6.19. The number of H-pyrrole nitrogens is 1. The summed E-state index contributed by atoms with van der Waals surface area (Å²) in [5.74, 6) is 0. The molecule has 102 valence electrons. The fourth-order valence-electron chi connectivity index (χ4n) is 2.36. The van der Waals surface area contributed by atoms with Gasteiger partial charge in [-0.2, -0.15) is 5.10 Å². The van der Waals surface area contributed by atoms with Crippen molar-refractivity contribution < 1.29 is 0 Å². The highest BCUT2D eigenvalue weighted by Crippen LogP contribution is 2.19. The van der Waals surface area contributed by atoms with Crippen molar-refractivity contribution in [3.63, 3.8) is 0 Å². The quantitative estimate of drug-likeness (QED) is 0.859. The Bertz CT molecular complexity index is 506. The summed E-state index contributed by atoms with van der Waals surface area (Å²) in [6, 6.07) is 9.17. The first-order valence-electron chi connectivity index (χ1n) is 6.92. The van der Waals surface area contributed by atoms with Crippen LogP contribution in [0.1, 0.15) is 47.5 Å². The van der Waals surface area contributed by atoms with Crippen molar-refractivity contribution in [3.8, 4) is 0 Å². The van der Waals surface area contributed by atoms with Crippen LogP contribution in [0.25, 0.3) is 0 Å². The van der Waals surface area contributed by atoms with Crippen LogP contribution in [0.3, 0.4) is 0 Å². The maximum absolute atomic E-state index is 4.24. The number of nitrogens with zero attached hydrogens (tertiary/aromatic N) is 1. The van der Waals surface area contributed by atoms with Crippen molar-refractivity contribution in [2.75, 3.05) is 0 Å². The van der Waals surface area contributed by atoms with Crippen LogP contribution in [-0.4, -0.2) is 10.2 Å². The van der Waals surface area contributed by atoms with E-state index in [0.29, 0.717) is 6.04 Å². The fourth-order valence-corrected chi connectivity index (χ4v) is 2.36. The zero-order valence-electron chi connectivity index (χ0n) is 12.2. The van der Waals surface area contributed by atoms with Crippen molar-refractivity contribution in [1.29, 1.82) is 0 Å². The minimum atomic E-state index is 0.397. The van der Waals surface area contributed by atoms with Gasteiger partial charge < -0.3 is 5.32 Å². The first-order chi connectivity index (χ1) is 9.11. The second-order valence-corrected chi connectivity index (χ2v) is 5.16. The summed E-state index contributed by atoms with van der Waals surface area (Å²) in [6.07, 6.45) is 1.08. The van der Waals surface area contributed by atoms with Gasteiger partial charge in [0.05, 0.1) is 5.69 Å². The van der Waals surface area contributed by atoms with Crippen LogP contribution < -0.4 is 5.32 Å². The number of benzene rings is 1. The van der Waals surface area contributed by atoms with Gasteiger partial charge in [0.2, 0.25) is 0 Å². The highest BCUT2D eigenvalue weighted by Gasteiger charge is 2.11. The minimum Gasteiger partial charge on any atom is -0.306 e.